The lowest BCUT2D eigenvalue weighted by atomic mass is 10.0. The maximum atomic E-state index is 12.0. The van der Waals surface area contributed by atoms with Gasteiger partial charge in [0.25, 0.3) is 0 Å². The van der Waals surface area contributed by atoms with Gasteiger partial charge in [-0.2, -0.15) is 5.26 Å². The molecule has 1 atom stereocenters. The van der Waals surface area contributed by atoms with Gasteiger partial charge in [0.05, 0.1) is 13.2 Å². The molecule has 1 amide bonds. The van der Waals surface area contributed by atoms with E-state index < -0.39 is 6.04 Å². The number of nitriles is 1. The molecule has 4 heteroatoms. The number of ether oxygens (including phenoxy) is 1. The third kappa shape index (κ3) is 3.99. The molecule has 1 aromatic rings. The second-order valence-corrected chi connectivity index (χ2v) is 4.91. The first kappa shape index (κ1) is 15.0. The number of amides is 1. The summed E-state index contributed by atoms with van der Waals surface area (Å²) in [5.41, 5.74) is 0.765. The second kappa shape index (κ2) is 6.79. The Labute approximate surface area is 114 Å². The molecule has 0 aliphatic heterocycles. The third-order valence-electron chi connectivity index (χ3n) is 2.90. The van der Waals surface area contributed by atoms with Gasteiger partial charge in [0.1, 0.15) is 11.8 Å². The summed E-state index contributed by atoms with van der Waals surface area (Å²) in [6.07, 6.45) is 0.443. The molecule has 0 radical (unpaired) electrons. The van der Waals surface area contributed by atoms with Gasteiger partial charge in [0.15, 0.2) is 0 Å². The topological polar surface area (TPSA) is 53.3 Å². The van der Waals surface area contributed by atoms with Crippen LogP contribution in [0.3, 0.4) is 0 Å². The van der Waals surface area contributed by atoms with Crippen molar-refractivity contribution in [3.05, 3.63) is 29.8 Å². The lowest BCUT2D eigenvalue weighted by molar-refractivity contribution is -0.131. The van der Waals surface area contributed by atoms with Crippen molar-refractivity contribution >= 4 is 5.91 Å². The van der Waals surface area contributed by atoms with Crippen molar-refractivity contribution in [1.29, 1.82) is 5.26 Å². The molecule has 19 heavy (non-hydrogen) atoms. The van der Waals surface area contributed by atoms with Crippen LogP contribution in [0.4, 0.5) is 0 Å². The van der Waals surface area contributed by atoms with Gasteiger partial charge in [-0.25, -0.2) is 0 Å². The first-order valence-electron chi connectivity index (χ1n) is 6.28. The summed E-state index contributed by atoms with van der Waals surface area (Å²) in [7, 11) is 3.24. The van der Waals surface area contributed by atoms with Crippen LogP contribution in [0.15, 0.2) is 24.3 Å². The van der Waals surface area contributed by atoms with Gasteiger partial charge in [-0.05, 0) is 23.6 Å². The lowest BCUT2D eigenvalue weighted by Gasteiger charge is -2.24. The van der Waals surface area contributed by atoms with Crippen molar-refractivity contribution in [3.63, 3.8) is 0 Å². The highest BCUT2D eigenvalue weighted by atomic mass is 16.5. The van der Waals surface area contributed by atoms with Gasteiger partial charge in [0, 0.05) is 13.5 Å². The van der Waals surface area contributed by atoms with Crippen LogP contribution >= 0.6 is 0 Å². The fraction of sp³-hybridized carbons (Fsp3) is 0.467. The number of carbonyl (C=O) groups excluding carboxylic acids is 1. The van der Waals surface area contributed by atoms with Gasteiger partial charge < -0.3 is 9.64 Å². The highest BCUT2D eigenvalue weighted by Crippen LogP contribution is 2.23. The summed E-state index contributed by atoms with van der Waals surface area (Å²) in [4.78, 5) is 13.5. The Kier molecular flexibility index (Phi) is 5.37. The first-order valence-corrected chi connectivity index (χ1v) is 6.28. The van der Waals surface area contributed by atoms with Crippen LogP contribution in [0.5, 0.6) is 5.75 Å². The maximum absolute atomic E-state index is 12.0. The molecule has 4 nitrogen and oxygen atoms in total. The molecule has 102 valence electrons. The Morgan fingerprint density at radius 3 is 2.68 bits per heavy atom. The molecule has 0 saturated carbocycles. The third-order valence-corrected chi connectivity index (χ3v) is 2.90. The van der Waals surface area contributed by atoms with Crippen LogP contribution in [0.1, 0.15) is 31.9 Å². The first-order chi connectivity index (χ1) is 8.99. The van der Waals surface area contributed by atoms with Gasteiger partial charge in [-0.1, -0.05) is 26.0 Å². The number of methoxy groups -OCH3 is 1. The van der Waals surface area contributed by atoms with Gasteiger partial charge in [-0.3, -0.25) is 4.79 Å². The molecule has 0 aliphatic carbocycles. The van der Waals surface area contributed by atoms with Gasteiger partial charge in [0.2, 0.25) is 5.91 Å². The summed E-state index contributed by atoms with van der Waals surface area (Å²) in [5, 5.41) is 9.31. The number of hydrogen-bond acceptors (Lipinski definition) is 3. The van der Waals surface area contributed by atoms with E-state index in [2.05, 4.69) is 6.07 Å². The van der Waals surface area contributed by atoms with Crippen LogP contribution < -0.4 is 4.74 Å². The number of benzene rings is 1. The van der Waals surface area contributed by atoms with Crippen molar-refractivity contribution in [2.45, 2.75) is 26.3 Å². The zero-order chi connectivity index (χ0) is 14.4. The standard InChI is InChI=1S/C15H20N2O2/c1-11(2)8-15(18)17(3)14(10-16)12-6-5-7-13(9-12)19-4/h5-7,9,11,14H,8H2,1-4H3. The molecule has 1 unspecified atom stereocenters. The molecule has 0 saturated heterocycles. The van der Waals surface area contributed by atoms with Crippen LogP contribution in [0.25, 0.3) is 0 Å². The fourth-order valence-corrected chi connectivity index (χ4v) is 1.83. The molecular formula is C15H20N2O2. The van der Waals surface area contributed by atoms with Crippen molar-refractivity contribution in [1.82, 2.24) is 4.90 Å². The average molecular weight is 260 g/mol. The zero-order valence-electron chi connectivity index (χ0n) is 11.9. The summed E-state index contributed by atoms with van der Waals surface area (Å²) in [6, 6.07) is 8.84. The number of nitrogens with zero attached hydrogens (tertiary/aromatic N) is 2. The number of rotatable bonds is 5. The predicted octanol–water partition coefficient (Wildman–Crippen LogP) is 2.76. The molecular weight excluding hydrogens is 240 g/mol. The minimum absolute atomic E-state index is 0.0237. The van der Waals surface area contributed by atoms with E-state index in [0.29, 0.717) is 12.2 Å². The Balaban J connectivity index is 2.93. The molecule has 0 spiro atoms. The molecule has 0 N–H and O–H groups in total. The van der Waals surface area contributed by atoms with Crippen LogP contribution in [0, 0.1) is 17.2 Å². The Bertz CT molecular complexity index is 477. The zero-order valence-corrected chi connectivity index (χ0v) is 11.9. The quantitative estimate of drug-likeness (QED) is 0.818. The minimum Gasteiger partial charge on any atom is -0.497 e. The van der Waals surface area contributed by atoms with Crippen molar-refractivity contribution in [3.8, 4) is 11.8 Å². The van der Waals surface area contributed by atoms with Gasteiger partial charge >= 0.3 is 0 Å². The van der Waals surface area contributed by atoms with Crippen molar-refractivity contribution in [2.24, 2.45) is 5.92 Å². The lowest BCUT2D eigenvalue weighted by Crippen LogP contribution is -2.31. The Hall–Kier alpha value is -2.02. The minimum atomic E-state index is -0.582. The van der Waals surface area contributed by atoms with E-state index in [9.17, 15) is 10.1 Å². The largest absolute Gasteiger partial charge is 0.497 e. The molecule has 0 aromatic heterocycles. The summed E-state index contributed by atoms with van der Waals surface area (Å²) in [6.45, 7) is 3.97. The molecule has 0 aliphatic rings. The smallest absolute Gasteiger partial charge is 0.223 e. The highest BCUT2D eigenvalue weighted by molar-refractivity contribution is 5.77. The predicted molar refractivity (Wildman–Crippen MR) is 73.6 cm³/mol. The molecule has 1 rings (SSSR count). The van der Waals surface area contributed by atoms with E-state index >= 15 is 0 Å². The average Bonchev–Trinajstić information content (AvgIpc) is 2.39. The molecule has 1 aromatic carbocycles. The molecule has 0 fully saturated rings. The normalized spacial score (nSPS) is 11.8. The van der Waals surface area contributed by atoms with Crippen molar-refractivity contribution in [2.75, 3.05) is 14.2 Å². The van der Waals surface area contributed by atoms with E-state index in [4.69, 9.17) is 4.74 Å². The maximum Gasteiger partial charge on any atom is 0.223 e. The van der Waals surface area contributed by atoms with Crippen molar-refractivity contribution < 1.29 is 9.53 Å². The monoisotopic (exact) mass is 260 g/mol. The SMILES string of the molecule is COc1cccc(C(C#N)N(C)C(=O)CC(C)C)c1. The van der Waals surface area contributed by atoms with E-state index in [0.717, 1.165) is 5.56 Å². The highest BCUT2D eigenvalue weighted by Gasteiger charge is 2.22. The fourth-order valence-electron chi connectivity index (χ4n) is 1.83. The summed E-state index contributed by atoms with van der Waals surface area (Å²) < 4.78 is 5.14. The van der Waals surface area contributed by atoms with Gasteiger partial charge in [-0.15, -0.1) is 0 Å². The van der Waals surface area contributed by atoms with Crippen LogP contribution in [-0.4, -0.2) is 25.0 Å². The van der Waals surface area contributed by atoms with E-state index in [-0.39, 0.29) is 11.8 Å². The number of hydrogen-bond donors (Lipinski definition) is 0. The molecule has 0 heterocycles. The Morgan fingerprint density at radius 2 is 2.16 bits per heavy atom. The van der Waals surface area contributed by atoms with Crippen LogP contribution in [-0.2, 0) is 4.79 Å². The molecule has 0 bridgehead atoms. The number of carbonyl (C=O) groups is 1. The summed E-state index contributed by atoms with van der Waals surface area (Å²) >= 11 is 0. The Morgan fingerprint density at radius 1 is 1.47 bits per heavy atom. The van der Waals surface area contributed by atoms with Crippen LogP contribution in [0.2, 0.25) is 0 Å². The van der Waals surface area contributed by atoms with E-state index in [1.165, 1.54) is 4.90 Å². The van der Waals surface area contributed by atoms with E-state index in [1.807, 2.05) is 32.0 Å². The summed E-state index contributed by atoms with van der Waals surface area (Å²) in [5.74, 6) is 0.937. The van der Waals surface area contributed by atoms with E-state index in [1.54, 1.807) is 20.2 Å². The second-order valence-electron chi connectivity index (χ2n) is 4.91.